The molecule has 0 fully saturated rings. The van der Waals surface area contributed by atoms with Gasteiger partial charge in [-0.2, -0.15) is 0 Å². The summed E-state index contributed by atoms with van der Waals surface area (Å²) in [4.78, 5) is 82.7. The topological polar surface area (TPSA) is 324 Å². The minimum atomic E-state index is -1.56. The van der Waals surface area contributed by atoms with Gasteiger partial charge in [0, 0.05) is 31.3 Å². The molecule has 39 heavy (non-hydrogen) atoms. The van der Waals surface area contributed by atoms with E-state index in [0.29, 0.717) is 5.69 Å². The first-order chi connectivity index (χ1) is 18.3. The Balaban J connectivity index is 3.03. The Kier molecular flexibility index (Phi) is 13.4. The molecule has 0 saturated carbocycles. The normalized spacial score (nSPS) is 13.7. The molecule has 4 unspecified atom stereocenters. The van der Waals surface area contributed by atoms with Crippen LogP contribution in [-0.4, -0.2) is 92.4 Å². The van der Waals surface area contributed by atoms with Crippen LogP contribution in [0.1, 0.15) is 37.8 Å². The Hall–Kier alpha value is -4.74. The molecule has 18 nitrogen and oxygen atoms in total. The smallest absolute Gasteiger partial charge is 0.326 e. The van der Waals surface area contributed by atoms with Gasteiger partial charge in [0.05, 0.1) is 18.8 Å². The van der Waals surface area contributed by atoms with E-state index in [2.05, 4.69) is 30.9 Å². The maximum absolute atomic E-state index is 13.0. The van der Waals surface area contributed by atoms with E-state index >= 15 is 0 Å². The molecular formula is C21H34N10O8. The molecule has 4 amide bonds. The third-order valence-corrected chi connectivity index (χ3v) is 5.22. The highest BCUT2D eigenvalue weighted by molar-refractivity contribution is 5.96. The summed E-state index contributed by atoms with van der Waals surface area (Å²) in [5.41, 5.74) is 21.7. The lowest BCUT2D eigenvalue weighted by atomic mass is 10.1. The fourth-order valence-electron chi connectivity index (χ4n) is 3.23. The minimum Gasteiger partial charge on any atom is -0.481 e. The summed E-state index contributed by atoms with van der Waals surface area (Å²) in [6, 6.07) is -5.58. The molecule has 0 aromatic carbocycles. The van der Waals surface area contributed by atoms with E-state index in [1.54, 1.807) is 0 Å². The molecule has 0 aliphatic rings. The van der Waals surface area contributed by atoms with Gasteiger partial charge in [0.2, 0.25) is 23.6 Å². The number of amides is 4. The van der Waals surface area contributed by atoms with Crippen molar-refractivity contribution in [3.63, 3.8) is 0 Å². The molecule has 0 spiro atoms. The standard InChI is InChI=1S/C21H34N10O8/c22-11(3-4-16(33)34)17(35)30-14(7-15(23)32)19(37)31-13(6-10-8-26-9-28-10)18(36)29-12(20(38)39)2-1-5-27-21(24)25/h8-9,11-14H,1-7,22H2,(H2,23,32)(H,26,28)(H,29,36)(H,30,35)(H,31,37)(H,33,34)(H,38,39)(H4,24,25,27). The van der Waals surface area contributed by atoms with Crippen molar-refractivity contribution in [1.82, 2.24) is 25.9 Å². The van der Waals surface area contributed by atoms with Gasteiger partial charge in [-0.1, -0.05) is 0 Å². The van der Waals surface area contributed by atoms with Crippen LogP contribution in [0.4, 0.5) is 0 Å². The van der Waals surface area contributed by atoms with E-state index < -0.39 is 72.6 Å². The van der Waals surface area contributed by atoms with Crippen molar-refractivity contribution < 1.29 is 39.0 Å². The summed E-state index contributed by atoms with van der Waals surface area (Å²) in [6.45, 7) is 0.124. The van der Waals surface area contributed by atoms with Crippen LogP contribution in [0.3, 0.4) is 0 Å². The number of aromatic amines is 1. The number of carboxylic acids is 2. The van der Waals surface area contributed by atoms with Gasteiger partial charge < -0.3 is 54.1 Å². The number of rotatable bonds is 18. The van der Waals surface area contributed by atoms with E-state index in [0.717, 1.165) is 0 Å². The zero-order valence-corrected chi connectivity index (χ0v) is 21.0. The summed E-state index contributed by atoms with van der Waals surface area (Å²) >= 11 is 0. The number of imidazole rings is 1. The highest BCUT2D eigenvalue weighted by Crippen LogP contribution is 2.05. The van der Waals surface area contributed by atoms with Crippen molar-refractivity contribution in [3.05, 3.63) is 18.2 Å². The monoisotopic (exact) mass is 554 g/mol. The number of nitrogens with two attached hydrogens (primary N) is 4. The van der Waals surface area contributed by atoms with Gasteiger partial charge in [-0.25, -0.2) is 9.78 Å². The summed E-state index contributed by atoms with van der Waals surface area (Å²) in [5, 5.41) is 25.2. The largest absolute Gasteiger partial charge is 0.481 e. The molecule has 4 atom stereocenters. The van der Waals surface area contributed by atoms with Crippen LogP contribution in [0, 0.1) is 0 Å². The second-order valence-corrected chi connectivity index (χ2v) is 8.46. The first kappa shape index (κ1) is 32.3. The lowest BCUT2D eigenvalue weighted by Gasteiger charge is -2.24. The summed E-state index contributed by atoms with van der Waals surface area (Å²) < 4.78 is 0. The van der Waals surface area contributed by atoms with Crippen LogP contribution in [0.5, 0.6) is 0 Å². The average Bonchev–Trinajstić information content (AvgIpc) is 3.35. The number of aromatic nitrogens is 2. The third-order valence-electron chi connectivity index (χ3n) is 5.22. The molecule has 1 rings (SSSR count). The molecule has 216 valence electrons. The second-order valence-electron chi connectivity index (χ2n) is 8.46. The first-order valence-corrected chi connectivity index (χ1v) is 11.7. The fraction of sp³-hybridized carbons (Fsp3) is 0.524. The van der Waals surface area contributed by atoms with E-state index in [4.69, 9.17) is 28.0 Å². The highest BCUT2D eigenvalue weighted by atomic mass is 16.4. The number of nitrogens with one attached hydrogen (secondary N) is 4. The zero-order valence-electron chi connectivity index (χ0n) is 21.0. The number of primary amides is 1. The minimum absolute atomic E-state index is 0.0306. The zero-order chi connectivity index (χ0) is 29.5. The Morgan fingerprint density at radius 2 is 1.54 bits per heavy atom. The maximum Gasteiger partial charge on any atom is 0.326 e. The molecule has 14 N–H and O–H groups in total. The SMILES string of the molecule is NC(=O)CC(NC(=O)C(N)CCC(=O)O)C(=O)NC(Cc1cnc[nH]1)C(=O)NC(CCCN=C(N)N)C(=O)O. The number of carbonyl (C=O) groups is 6. The average molecular weight is 555 g/mol. The number of carboxylic acid groups (broad SMARTS) is 2. The van der Waals surface area contributed by atoms with Gasteiger partial charge in [0.1, 0.15) is 18.1 Å². The molecule has 0 aliphatic heterocycles. The second kappa shape index (κ2) is 16.2. The van der Waals surface area contributed by atoms with E-state index in [1.165, 1.54) is 12.5 Å². The predicted octanol–water partition coefficient (Wildman–Crippen LogP) is -4.39. The quantitative estimate of drug-likeness (QED) is 0.0467. The predicted molar refractivity (Wildman–Crippen MR) is 134 cm³/mol. The molecule has 1 heterocycles. The molecular weight excluding hydrogens is 520 g/mol. The summed E-state index contributed by atoms with van der Waals surface area (Å²) in [5.74, 6) is -6.45. The van der Waals surface area contributed by atoms with Crippen LogP contribution < -0.4 is 38.9 Å². The number of guanidine groups is 1. The molecule has 1 aromatic heterocycles. The molecule has 0 aliphatic carbocycles. The number of H-pyrrole nitrogens is 1. The van der Waals surface area contributed by atoms with Crippen LogP contribution in [0.25, 0.3) is 0 Å². The van der Waals surface area contributed by atoms with Crippen molar-refractivity contribution in [2.75, 3.05) is 6.54 Å². The molecule has 0 radical (unpaired) electrons. The Morgan fingerprint density at radius 3 is 2.08 bits per heavy atom. The number of nitrogens with zero attached hydrogens (tertiary/aromatic N) is 2. The highest BCUT2D eigenvalue weighted by Gasteiger charge is 2.31. The van der Waals surface area contributed by atoms with Crippen molar-refractivity contribution in [3.8, 4) is 0 Å². The van der Waals surface area contributed by atoms with Crippen molar-refractivity contribution in [1.29, 1.82) is 0 Å². The van der Waals surface area contributed by atoms with Gasteiger partial charge in [0.15, 0.2) is 5.96 Å². The lowest BCUT2D eigenvalue weighted by molar-refractivity contribution is -0.142. The van der Waals surface area contributed by atoms with Gasteiger partial charge in [-0.05, 0) is 19.3 Å². The lowest BCUT2D eigenvalue weighted by Crippen LogP contribution is -2.58. The van der Waals surface area contributed by atoms with Crippen LogP contribution in [0.2, 0.25) is 0 Å². The van der Waals surface area contributed by atoms with Gasteiger partial charge in [-0.15, -0.1) is 0 Å². The van der Waals surface area contributed by atoms with Crippen LogP contribution >= 0.6 is 0 Å². The summed E-state index contributed by atoms with van der Waals surface area (Å²) in [7, 11) is 0. The first-order valence-electron chi connectivity index (χ1n) is 11.7. The van der Waals surface area contributed by atoms with Crippen molar-refractivity contribution >= 4 is 41.5 Å². The maximum atomic E-state index is 13.0. The molecule has 0 bridgehead atoms. The number of hydrogen-bond acceptors (Lipinski definition) is 9. The van der Waals surface area contributed by atoms with E-state index in [-0.39, 0.29) is 38.2 Å². The van der Waals surface area contributed by atoms with Crippen molar-refractivity contribution in [2.24, 2.45) is 27.9 Å². The van der Waals surface area contributed by atoms with E-state index in [9.17, 15) is 33.9 Å². The van der Waals surface area contributed by atoms with Crippen LogP contribution in [0.15, 0.2) is 17.5 Å². The van der Waals surface area contributed by atoms with E-state index in [1.807, 2.05) is 0 Å². The van der Waals surface area contributed by atoms with Crippen molar-refractivity contribution in [2.45, 2.75) is 62.7 Å². The van der Waals surface area contributed by atoms with Gasteiger partial charge in [0.25, 0.3) is 0 Å². The Morgan fingerprint density at radius 1 is 0.923 bits per heavy atom. The fourth-order valence-corrected chi connectivity index (χ4v) is 3.23. The number of aliphatic imine (C=N–C) groups is 1. The molecule has 0 saturated heterocycles. The third kappa shape index (κ3) is 12.9. The van der Waals surface area contributed by atoms with Crippen LogP contribution in [-0.2, 0) is 35.2 Å². The molecule has 18 heteroatoms. The molecule has 1 aromatic rings. The number of carbonyl (C=O) groups excluding carboxylic acids is 4. The van der Waals surface area contributed by atoms with Gasteiger partial charge >= 0.3 is 11.9 Å². The number of aliphatic carboxylic acids is 2. The summed E-state index contributed by atoms with van der Waals surface area (Å²) in [6.07, 6.45) is 1.42. The Bertz CT molecular complexity index is 1040. The Labute approximate surface area is 222 Å². The number of hydrogen-bond donors (Lipinski definition) is 10. The van der Waals surface area contributed by atoms with Gasteiger partial charge in [-0.3, -0.25) is 29.0 Å².